The van der Waals surface area contributed by atoms with Crippen LogP contribution in [0.15, 0.2) is 65.7 Å². The zero-order chi connectivity index (χ0) is 24.8. The lowest BCUT2D eigenvalue weighted by Crippen LogP contribution is -2.30. The molecule has 0 aliphatic heterocycles. The average molecular weight is 499 g/mol. The van der Waals surface area contributed by atoms with E-state index in [4.69, 9.17) is 9.47 Å². The molecule has 8 heteroatoms. The standard InChI is InChI=1S/C27H31FN2O4S/c1-33-24-11-8-23(26(17-24)34-2)19-30(18-20-14-15-29-27(28)16-20)35(31,32)25-12-9-22(10-13-25)21-6-4-3-5-7-21/h8-17,21H,3-7,18-19H2,1-2H3. The van der Waals surface area contributed by atoms with Crippen molar-refractivity contribution < 1.29 is 22.3 Å². The van der Waals surface area contributed by atoms with Crippen LogP contribution in [-0.2, 0) is 23.1 Å². The lowest BCUT2D eigenvalue weighted by Gasteiger charge is -2.25. The number of hydrogen-bond acceptors (Lipinski definition) is 5. The summed E-state index contributed by atoms with van der Waals surface area (Å²) in [6, 6.07) is 15.3. The molecule has 4 rings (SSSR count). The summed E-state index contributed by atoms with van der Waals surface area (Å²) in [5.74, 6) is 0.950. The van der Waals surface area contributed by atoms with Crippen LogP contribution in [-0.4, -0.2) is 31.9 Å². The Bertz CT molecular complexity index is 1240. The Morgan fingerprint density at radius 1 is 0.943 bits per heavy atom. The summed E-state index contributed by atoms with van der Waals surface area (Å²) in [6.07, 6.45) is 7.31. The lowest BCUT2D eigenvalue weighted by molar-refractivity contribution is 0.369. The highest BCUT2D eigenvalue weighted by Gasteiger charge is 2.27. The average Bonchev–Trinajstić information content (AvgIpc) is 2.89. The van der Waals surface area contributed by atoms with Gasteiger partial charge in [-0.3, -0.25) is 0 Å². The van der Waals surface area contributed by atoms with Crippen molar-refractivity contribution in [1.82, 2.24) is 9.29 Å². The molecular weight excluding hydrogens is 467 g/mol. The van der Waals surface area contributed by atoms with E-state index in [1.54, 1.807) is 43.5 Å². The molecule has 1 heterocycles. The molecule has 186 valence electrons. The van der Waals surface area contributed by atoms with Gasteiger partial charge in [-0.25, -0.2) is 13.4 Å². The van der Waals surface area contributed by atoms with Gasteiger partial charge in [0.25, 0.3) is 0 Å². The lowest BCUT2D eigenvalue weighted by atomic mass is 9.84. The van der Waals surface area contributed by atoms with E-state index in [9.17, 15) is 12.8 Å². The van der Waals surface area contributed by atoms with Crippen molar-refractivity contribution in [2.75, 3.05) is 14.2 Å². The maximum atomic E-state index is 13.8. The van der Waals surface area contributed by atoms with Crippen LogP contribution in [0.1, 0.15) is 54.7 Å². The van der Waals surface area contributed by atoms with Gasteiger partial charge in [0, 0.05) is 30.9 Å². The Hall–Kier alpha value is -2.97. The fourth-order valence-electron chi connectivity index (χ4n) is 4.64. The molecule has 0 radical (unpaired) electrons. The minimum absolute atomic E-state index is 0.0126. The third-order valence-corrected chi connectivity index (χ3v) is 8.39. The minimum atomic E-state index is -3.89. The fraction of sp³-hybridized carbons (Fsp3) is 0.370. The zero-order valence-electron chi connectivity index (χ0n) is 20.1. The number of halogens is 1. The molecule has 1 aromatic heterocycles. The van der Waals surface area contributed by atoms with Gasteiger partial charge >= 0.3 is 0 Å². The van der Waals surface area contributed by atoms with Gasteiger partial charge in [0.05, 0.1) is 19.1 Å². The molecule has 1 aliphatic rings. The Kier molecular flexibility index (Phi) is 8.03. The topological polar surface area (TPSA) is 68.7 Å². The van der Waals surface area contributed by atoms with Crippen LogP contribution in [0.25, 0.3) is 0 Å². The molecule has 0 atom stereocenters. The van der Waals surface area contributed by atoms with Crippen molar-refractivity contribution >= 4 is 10.0 Å². The second-order valence-electron chi connectivity index (χ2n) is 8.84. The molecule has 0 saturated heterocycles. The zero-order valence-corrected chi connectivity index (χ0v) is 20.9. The number of benzene rings is 2. The van der Waals surface area contributed by atoms with Gasteiger partial charge in [0.2, 0.25) is 16.0 Å². The number of sulfonamides is 1. The summed E-state index contributed by atoms with van der Waals surface area (Å²) in [5, 5.41) is 0. The molecule has 0 amide bonds. The molecule has 35 heavy (non-hydrogen) atoms. The number of ether oxygens (including phenoxy) is 2. The van der Waals surface area contributed by atoms with Crippen LogP contribution in [0.4, 0.5) is 4.39 Å². The third kappa shape index (κ3) is 6.00. The molecule has 0 unspecified atom stereocenters. The highest BCUT2D eigenvalue weighted by molar-refractivity contribution is 7.89. The van der Waals surface area contributed by atoms with Gasteiger partial charge in [-0.15, -0.1) is 0 Å². The molecule has 0 spiro atoms. The quantitative estimate of drug-likeness (QED) is 0.355. The fourth-order valence-corrected chi connectivity index (χ4v) is 6.05. The first-order valence-corrected chi connectivity index (χ1v) is 13.3. The summed E-state index contributed by atoms with van der Waals surface area (Å²) in [6.45, 7) is 0.0329. The van der Waals surface area contributed by atoms with Gasteiger partial charge in [-0.1, -0.05) is 37.5 Å². The molecule has 0 N–H and O–H groups in total. The first-order valence-electron chi connectivity index (χ1n) is 11.8. The predicted octanol–water partition coefficient (Wildman–Crippen LogP) is 5.68. The Balaban J connectivity index is 1.66. The van der Waals surface area contributed by atoms with Crippen LogP contribution >= 0.6 is 0 Å². The molecule has 6 nitrogen and oxygen atoms in total. The number of methoxy groups -OCH3 is 2. The van der Waals surface area contributed by atoms with E-state index >= 15 is 0 Å². The van der Waals surface area contributed by atoms with Crippen LogP contribution in [0.5, 0.6) is 11.5 Å². The van der Waals surface area contributed by atoms with E-state index in [1.807, 2.05) is 12.1 Å². The molecule has 3 aromatic rings. The number of hydrogen-bond donors (Lipinski definition) is 0. The van der Waals surface area contributed by atoms with Crippen LogP contribution in [0.2, 0.25) is 0 Å². The van der Waals surface area contributed by atoms with E-state index in [-0.39, 0.29) is 18.0 Å². The third-order valence-electron chi connectivity index (χ3n) is 6.59. The summed E-state index contributed by atoms with van der Waals surface area (Å²) in [5.41, 5.74) is 2.36. The molecule has 1 saturated carbocycles. The van der Waals surface area contributed by atoms with E-state index in [0.717, 1.165) is 12.8 Å². The summed E-state index contributed by atoms with van der Waals surface area (Å²) in [4.78, 5) is 3.79. The van der Waals surface area contributed by atoms with Gasteiger partial charge in [0.1, 0.15) is 11.5 Å². The van der Waals surface area contributed by atoms with Crippen LogP contribution in [0, 0.1) is 5.95 Å². The number of rotatable bonds is 9. The van der Waals surface area contributed by atoms with Crippen molar-refractivity contribution in [2.24, 2.45) is 0 Å². The summed E-state index contributed by atoms with van der Waals surface area (Å²) < 4.78 is 53.4. The number of aromatic nitrogens is 1. The van der Waals surface area contributed by atoms with Gasteiger partial charge in [-0.2, -0.15) is 8.70 Å². The second-order valence-corrected chi connectivity index (χ2v) is 10.8. The number of pyridine rings is 1. The first-order chi connectivity index (χ1) is 16.9. The molecule has 0 bridgehead atoms. The predicted molar refractivity (Wildman–Crippen MR) is 132 cm³/mol. The molecule has 1 aliphatic carbocycles. The van der Waals surface area contributed by atoms with E-state index in [1.165, 1.54) is 48.5 Å². The first kappa shape index (κ1) is 25.1. The Morgan fingerprint density at radius 2 is 1.69 bits per heavy atom. The van der Waals surface area contributed by atoms with Crippen molar-refractivity contribution in [3.8, 4) is 11.5 Å². The van der Waals surface area contributed by atoms with Gasteiger partial charge < -0.3 is 9.47 Å². The largest absolute Gasteiger partial charge is 0.497 e. The number of nitrogens with zero attached hydrogens (tertiary/aromatic N) is 2. The second kappa shape index (κ2) is 11.2. The summed E-state index contributed by atoms with van der Waals surface area (Å²) in [7, 11) is -0.812. The molecule has 2 aromatic carbocycles. The van der Waals surface area contributed by atoms with Gasteiger partial charge in [0.15, 0.2) is 0 Å². The SMILES string of the molecule is COc1ccc(CN(Cc2ccnc(F)c2)S(=O)(=O)c2ccc(C3CCCCC3)cc2)c(OC)c1. The van der Waals surface area contributed by atoms with Crippen LogP contribution < -0.4 is 9.47 Å². The summed E-state index contributed by atoms with van der Waals surface area (Å²) >= 11 is 0. The Morgan fingerprint density at radius 3 is 2.34 bits per heavy atom. The van der Waals surface area contributed by atoms with Crippen molar-refractivity contribution in [2.45, 2.75) is 56.0 Å². The van der Waals surface area contributed by atoms with E-state index < -0.39 is 16.0 Å². The maximum absolute atomic E-state index is 13.8. The highest BCUT2D eigenvalue weighted by Crippen LogP contribution is 2.34. The maximum Gasteiger partial charge on any atom is 0.243 e. The van der Waals surface area contributed by atoms with Crippen molar-refractivity contribution in [3.63, 3.8) is 0 Å². The van der Waals surface area contributed by atoms with E-state index in [2.05, 4.69) is 4.98 Å². The molecular formula is C27H31FN2O4S. The molecule has 1 fully saturated rings. The van der Waals surface area contributed by atoms with Crippen LogP contribution in [0.3, 0.4) is 0 Å². The normalized spacial score (nSPS) is 14.7. The highest BCUT2D eigenvalue weighted by atomic mass is 32.2. The minimum Gasteiger partial charge on any atom is -0.497 e. The van der Waals surface area contributed by atoms with E-state index in [0.29, 0.717) is 28.5 Å². The van der Waals surface area contributed by atoms with Crippen molar-refractivity contribution in [1.29, 1.82) is 0 Å². The smallest absolute Gasteiger partial charge is 0.243 e. The van der Waals surface area contributed by atoms with Crippen molar-refractivity contribution in [3.05, 3.63) is 83.4 Å². The Labute approximate surface area is 206 Å². The monoisotopic (exact) mass is 498 g/mol. The van der Waals surface area contributed by atoms with Gasteiger partial charge in [-0.05, 0) is 60.2 Å².